The predicted molar refractivity (Wildman–Crippen MR) is 69.5 cm³/mol. The molecule has 2 rings (SSSR count). The van der Waals surface area contributed by atoms with Crippen LogP contribution >= 0.6 is 11.6 Å². The number of nitrogen functional groups attached to an aromatic ring is 1. The van der Waals surface area contributed by atoms with Crippen molar-refractivity contribution in [3.8, 4) is 0 Å². The lowest BCUT2D eigenvalue weighted by Gasteiger charge is -2.24. The highest BCUT2D eigenvalue weighted by Crippen LogP contribution is 2.57. The Kier molecular flexibility index (Phi) is 3.50. The van der Waals surface area contributed by atoms with Gasteiger partial charge in [0, 0.05) is 6.61 Å². The first-order valence-electron chi connectivity index (χ1n) is 5.91. The molecule has 0 spiro atoms. The Labute approximate surface area is 111 Å². The molecule has 0 heterocycles. The van der Waals surface area contributed by atoms with Crippen LogP contribution in [0.25, 0.3) is 0 Å². The smallest absolute Gasteiger partial charge is 0.312 e. The van der Waals surface area contributed by atoms with Crippen LogP contribution in [-0.4, -0.2) is 17.7 Å². The Morgan fingerprint density at radius 3 is 2.72 bits per heavy atom. The van der Waals surface area contributed by atoms with Gasteiger partial charge in [-0.15, -0.1) is 0 Å². The van der Waals surface area contributed by atoms with Gasteiger partial charge < -0.3 is 15.6 Å². The summed E-state index contributed by atoms with van der Waals surface area (Å²) in [7, 11) is 0. The normalized spacial score (nSPS) is 18.3. The van der Waals surface area contributed by atoms with E-state index >= 15 is 0 Å². The first-order valence-corrected chi connectivity index (χ1v) is 6.29. The number of benzene rings is 1. The molecule has 0 aromatic heterocycles. The fourth-order valence-corrected chi connectivity index (χ4v) is 2.31. The third-order valence-corrected chi connectivity index (χ3v) is 3.72. The van der Waals surface area contributed by atoms with Gasteiger partial charge in [-0.1, -0.05) is 17.7 Å². The number of halogens is 1. The lowest BCUT2D eigenvalue weighted by molar-refractivity contribution is -0.150. The molecule has 0 radical (unpaired) electrons. The molecule has 1 unspecified atom stereocenters. The van der Waals surface area contributed by atoms with Crippen LogP contribution < -0.4 is 5.73 Å². The van der Waals surface area contributed by atoms with Gasteiger partial charge in [-0.2, -0.15) is 0 Å². The van der Waals surface area contributed by atoms with Gasteiger partial charge in [-0.3, -0.25) is 4.79 Å². The first kappa shape index (κ1) is 13.2. The monoisotopic (exact) mass is 269 g/mol. The molecule has 1 atom stereocenters. The minimum Gasteiger partial charge on any atom is -0.481 e. The molecule has 1 saturated carbocycles. The molecule has 1 aliphatic rings. The lowest BCUT2D eigenvalue weighted by Crippen LogP contribution is -2.26. The summed E-state index contributed by atoms with van der Waals surface area (Å²) in [4.78, 5) is 11.4. The third kappa shape index (κ3) is 2.18. The number of hydrogen-bond acceptors (Lipinski definition) is 3. The average molecular weight is 270 g/mol. The van der Waals surface area contributed by atoms with Crippen LogP contribution in [0.15, 0.2) is 18.2 Å². The molecule has 18 heavy (non-hydrogen) atoms. The number of anilines is 1. The Bertz CT molecular complexity index is 471. The Balaban J connectivity index is 2.36. The third-order valence-electron chi connectivity index (χ3n) is 3.37. The number of aliphatic carboxylic acids is 1. The molecular weight excluding hydrogens is 254 g/mol. The maximum absolute atomic E-state index is 11.4. The standard InChI is InChI=1S/C13H16ClNO3/c1-2-18-11(13(5-6-13)12(16)17)8-3-4-9(14)10(15)7-8/h3-4,7,11H,2,5-6,15H2,1H3,(H,16,17). The molecule has 4 nitrogen and oxygen atoms in total. The highest BCUT2D eigenvalue weighted by atomic mass is 35.5. The summed E-state index contributed by atoms with van der Waals surface area (Å²) in [5, 5.41) is 9.82. The highest BCUT2D eigenvalue weighted by molar-refractivity contribution is 6.33. The summed E-state index contributed by atoms with van der Waals surface area (Å²) in [6.45, 7) is 2.31. The molecule has 0 amide bonds. The molecule has 1 aromatic rings. The summed E-state index contributed by atoms with van der Waals surface area (Å²) in [5.41, 5.74) is 6.19. The SMILES string of the molecule is CCOC(c1ccc(Cl)c(N)c1)C1(C(=O)O)CC1. The van der Waals surface area contributed by atoms with Crippen molar-refractivity contribution < 1.29 is 14.6 Å². The van der Waals surface area contributed by atoms with Crippen LogP contribution in [0.1, 0.15) is 31.4 Å². The van der Waals surface area contributed by atoms with Crippen LogP contribution in [0, 0.1) is 5.41 Å². The molecule has 0 bridgehead atoms. The molecular formula is C13H16ClNO3. The van der Waals surface area contributed by atoms with E-state index in [4.69, 9.17) is 22.1 Å². The van der Waals surface area contributed by atoms with Crippen LogP contribution in [0.2, 0.25) is 5.02 Å². The van der Waals surface area contributed by atoms with E-state index < -0.39 is 17.5 Å². The molecule has 0 aliphatic heterocycles. The van der Waals surface area contributed by atoms with E-state index in [-0.39, 0.29) is 0 Å². The summed E-state index contributed by atoms with van der Waals surface area (Å²) in [6, 6.07) is 5.16. The number of carboxylic acids is 1. The van der Waals surface area contributed by atoms with E-state index in [9.17, 15) is 9.90 Å². The van der Waals surface area contributed by atoms with Gasteiger partial charge in [-0.05, 0) is 37.5 Å². The van der Waals surface area contributed by atoms with E-state index in [0.29, 0.717) is 30.2 Å². The van der Waals surface area contributed by atoms with E-state index in [1.165, 1.54) is 0 Å². The number of ether oxygens (including phenoxy) is 1. The number of nitrogens with two attached hydrogens (primary N) is 1. The molecule has 98 valence electrons. The second-order valence-electron chi connectivity index (χ2n) is 4.58. The molecule has 1 fully saturated rings. The van der Waals surface area contributed by atoms with E-state index in [1.807, 2.05) is 6.92 Å². The average Bonchev–Trinajstić information content (AvgIpc) is 3.11. The van der Waals surface area contributed by atoms with E-state index in [2.05, 4.69) is 0 Å². The predicted octanol–water partition coefficient (Wildman–Crippen LogP) is 2.86. The van der Waals surface area contributed by atoms with Gasteiger partial charge >= 0.3 is 5.97 Å². The topological polar surface area (TPSA) is 72.5 Å². The maximum Gasteiger partial charge on any atom is 0.312 e. The van der Waals surface area contributed by atoms with Crippen molar-refractivity contribution in [2.24, 2.45) is 5.41 Å². The molecule has 0 saturated heterocycles. The van der Waals surface area contributed by atoms with Gasteiger partial charge in [0.05, 0.1) is 22.2 Å². The van der Waals surface area contributed by atoms with Gasteiger partial charge in [0.1, 0.15) is 0 Å². The lowest BCUT2D eigenvalue weighted by atomic mass is 9.92. The van der Waals surface area contributed by atoms with Crippen LogP contribution in [0.5, 0.6) is 0 Å². The molecule has 1 aromatic carbocycles. The van der Waals surface area contributed by atoms with Gasteiger partial charge in [0.2, 0.25) is 0 Å². The quantitative estimate of drug-likeness (QED) is 0.806. The van der Waals surface area contributed by atoms with Gasteiger partial charge in [0.25, 0.3) is 0 Å². The van der Waals surface area contributed by atoms with Crippen molar-refractivity contribution in [1.82, 2.24) is 0 Å². The zero-order valence-corrected chi connectivity index (χ0v) is 10.9. The minimum absolute atomic E-state index is 0.444. The number of carbonyl (C=O) groups is 1. The Morgan fingerprint density at radius 1 is 1.61 bits per heavy atom. The van der Waals surface area contributed by atoms with Crippen LogP contribution in [0.3, 0.4) is 0 Å². The number of carboxylic acid groups (broad SMARTS) is 1. The largest absolute Gasteiger partial charge is 0.481 e. The highest BCUT2D eigenvalue weighted by Gasteiger charge is 2.57. The van der Waals surface area contributed by atoms with Crippen molar-refractivity contribution in [3.05, 3.63) is 28.8 Å². The minimum atomic E-state index is -0.811. The van der Waals surface area contributed by atoms with Crippen molar-refractivity contribution in [3.63, 3.8) is 0 Å². The van der Waals surface area contributed by atoms with Crippen molar-refractivity contribution in [2.45, 2.75) is 25.9 Å². The zero-order chi connectivity index (χ0) is 13.3. The summed E-state index contributed by atoms with van der Waals surface area (Å²) < 4.78 is 5.63. The summed E-state index contributed by atoms with van der Waals surface area (Å²) in [6.07, 6.45) is 0.810. The Hall–Kier alpha value is -1.26. The second kappa shape index (κ2) is 4.78. The molecule has 3 N–H and O–H groups in total. The molecule has 5 heteroatoms. The zero-order valence-electron chi connectivity index (χ0n) is 10.1. The van der Waals surface area contributed by atoms with E-state index in [1.54, 1.807) is 18.2 Å². The van der Waals surface area contributed by atoms with Crippen molar-refractivity contribution >= 4 is 23.3 Å². The second-order valence-corrected chi connectivity index (χ2v) is 4.98. The number of rotatable bonds is 5. The first-order chi connectivity index (χ1) is 8.51. The van der Waals surface area contributed by atoms with E-state index in [0.717, 1.165) is 5.56 Å². The van der Waals surface area contributed by atoms with Gasteiger partial charge in [0.15, 0.2) is 0 Å². The van der Waals surface area contributed by atoms with Gasteiger partial charge in [-0.25, -0.2) is 0 Å². The molecule has 1 aliphatic carbocycles. The van der Waals surface area contributed by atoms with Crippen molar-refractivity contribution in [2.75, 3.05) is 12.3 Å². The fraction of sp³-hybridized carbons (Fsp3) is 0.462. The maximum atomic E-state index is 11.4. The summed E-state index contributed by atoms with van der Waals surface area (Å²) >= 11 is 5.87. The van der Waals surface area contributed by atoms with Crippen LogP contribution in [0.4, 0.5) is 5.69 Å². The Morgan fingerprint density at radius 2 is 2.28 bits per heavy atom. The van der Waals surface area contributed by atoms with Crippen molar-refractivity contribution in [1.29, 1.82) is 0 Å². The summed E-state index contributed by atoms with van der Waals surface area (Å²) in [5.74, 6) is -0.811. The number of hydrogen-bond donors (Lipinski definition) is 2. The fourth-order valence-electron chi connectivity index (χ4n) is 2.19. The van der Waals surface area contributed by atoms with Crippen LogP contribution in [-0.2, 0) is 9.53 Å².